The van der Waals surface area contributed by atoms with Crippen LogP contribution in [0.4, 0.5) is 0 Å². The van der Waals surface area contributed by atoms with Crippen LogP contribution >= 0.6 is 15.9 Å². The topological polar surface area (TPSA) is 59.9 Å². The Hall–Kier alpha value is -3.90. The van der Waals surface area contributed by atoms with E-state index in [9.17, 15) is 4.79 Å². The molecule has 5 nitrogen and oxygen atoms in total. The molecule has 4 aromatic rings. The van der Waals surface area contributed by atoms with Gasteiger partial charge in [0.05, 0.1) is 6.21 Å². The number of carbonyl (C=O) groups excluding carboxylic acids is 1. The van der Waals surface area contributed by atoms with Gasteiger partial charge in [-0.2, -0.15) is 5.10 Å². The first kappa shape index (κ1) is 23.3. The highest BCUT2D eigenvalue weighted by Crippen LogP contribution is 2.17. The number of halogens is 1. The van der Waals surface area contributed by atoms with Crippen LogP contribution in [0.1, 0.15) is 27.0 Å². The lowest BCUT2D eigenvalue weighted by atomic mass is 10.2. The van der Waals surface area contributed by atoms with Crippen LogP contribution in [0.2, 0.25) is 0 Å². The second kappa shape index (κ2) is 11.8. The minimum atomic E-state index is -0.294. The summed E-state index contributed by atoms with van der Waals surface area (Å²) < 4.78 is 12.6. The zero-order chi connectivity index (χ0) is 23.6. The number of benzene rings is 4. The van der Waals surface area contributed by atoms with Gasteiger partial charge in [0.15, 0.2) is 0 Å². The monoisotopic (exact) mass is 514 g/mol. The fourth-order valence-corrected chi connectivity index (χ4v) is 3.56. The maximum atomic E-state index is 12.3. The van der Waals surface area contributed by atoms with Crippen LogP contribution in [0, 0.1) is 0 Å². The highest BCUT2D eigenvalue weighted by atomic mass is 79.9. The number of hydrogen-bond donors (Lipinski definition) is 1. The Labute approximate surface area is 207 Å². The summed E-state index contributed by atoms with van der Waals surface area (Å²) in [6.07, 6.45) is 1.59. The van der Waals surface area contributed by atoms with E-state index in [1.54, 1.807) is 30.5 Å². The lowest BCUT2D eigenvalue weighted by Crippen LogP contribution is -2.17. The predicted molar refractivity (Wildman–Crippen MR) is 137 cm³/mol. The van der Waals surface area contributed by atoms with Gasteiger partial charge < -0.3 is 9.47 Å². The summed E-state index contributed by atoms with van der Waals surface area (Å²) in [5.74, 6) is 1.17. The summed E-state index contributed by atoms with van der Waals surface area (Å²) in [7, 11) is 0. The van der Waals surface area contributed by atoms with Crippen molar-refractivity contribution in [2.45, 2.75) is 13.2 Å². The average molecular weight is 515 g/mol. The quantitative estimate of drug-likeness (QED) is 0.208. The third-order valence-corrected chi connectivity index (χ3v) is 5.41. The summed E-state index contributed by atoms with van der Waals surface area (Å²) in [6, 6.07) is 32.4. The second-order valence-electron chi connectivity index (χ2n) is 7.49. The number of ether oxygens (including phenoxy) is 2. The standard InChI is InChI=1S/C28H23BrN2O3/c29-25-8-4-7-23(17-25)20-34-27-15-11-24(12-16-27)28(32)31-30-18-21-9-13-26(14-10-21)33-19-22-5-2-1-3-6-22/h1-18H,19-20H2,(H,31,32)/b30-18-. The molecule has 4 rings (SSSR count). The Kier molecular flexibility index (Phi) is 8.08. The predicted octanol–water partition coefficient (Wildman–Crippen LogP) is 6.37. The molecule has 0 aliphatic carbocycles. The van der Waals surface area contributed by atoms with Crippen molar-refractivity contribution in [3.63, 3.8) is 0 Å². The number of carbonyl (C=O) groups is 1. The van der Waals surface area contributed by atoms with Crippen molar-refractivity contribution in [2.24, 2.45) is 5.10 Å². The van der Waals surface area contributed by atoms with Gasteiger partial charge in [0.2, 0.25) is 0 Å². The molecular weight excluding hydrogens is 492 g/mol. The van der Waals surface area contributed by atoms with Gasteiger partial charge in [0, 0.05) is 10.0 Å². The van der Waals surface area contributed by atoms with Crippen LogP contribution in [-0.4, -0.2) is 12.1 Å². The zero-order valence-corrected chi connectivity index (χ0v) is 19.9. The molecule has 0 fully saturated rings. The van der Waals surface area contributed by atoms with E-state index in [1.165, 1.54) is 0 Å². The van der Waals surface area contributed by atoms with E-state index in [1.807, 2.05) is 78.9 Å². The van der Waals surface area contributed by atoms with Gasteiger partial charge >= 0.3 is 0 Å². The van der Waals surface area contributed by atoms with Crippen molar-refractivity contribution >= 4 is 28.1 Å². The fourth-order valence-electron chi connectivity index (χ4n) is 3.12. The van der Waals surface area contributed by atoms with Crippen LogP contribution in [0.25, 0.3) is 0 Å². The zero-order valence-electron chi connectivity index (χ0n) is 18.4. The van der Waals surface area contributed by atoms with E-state index >= 15 is 0 Å². The third-order valence-electron chi connectivity index (χ3n) is 4.92. The summed E-state index contributed by atoms with van der Waals surface area (Å²) >= 11 is 3.45. The summed E-state index contributed by atoms with van der Waals surface area (Å²) in [5.41, 5.74) is 6.06. The smallest absolute Gasteiger partial charge is 0.271 e. The molecule has 0 unspecified atom stereocenters. The molecule has 0 heterocycles. The fraction of sp³-hybridized carbons (Fsp3) is 0.0714. The Balaban J connectivity index is 1.23. The lowest BCUT2D eigenvalue weighted by Gasteiger charge is -2.07. The molecule has 1 N–H and O–H groups in total. The van der Waals surface area contributed by atoms with Crippen molar-refractivity contribution in [1.82, 2.24) is 5.43 Å². The van der Waals surface area contributed by atoms with Crippen molar-refractivity contribution in [3.8, 4) is 11.5 Å². The average Bonchev–Trinajstić information content (AvgIpc) is 2.88. The number of nitrogens with one attached hydrogen (secondary N) is 1. The first-order valence-electron chi connectivity index (χ1n) is 10.7. The minimum absolute atomic E-state index is 0.294. The molecule has 170 valence electrons. The maximum absolute atomic E-state index is 12.3. The SMILES string of the molecule is O=C(N/N=C\c1ccc(OCc2ccccc2)cc1)c1ccc(OCc2cccc(Br)c2)cc1. The summed E-state index contributed by atoms with van der Waals surface area (Å²) in [6.45, 7) is 0.962. The number of nitrogens with zero attached hydrogens (tertiary/aromatic N) is 1. The Morgan fingerprint density at radius 2 is 1.38 bits per heavy atom. The van der Waals surface area contributed by atoms with Crippen LogP contribution < -0.4 is 14.9 Å². The highest BCUT2D eigenvalue weighted by molar-refractivity contribution is 9.10. The van der Waals surface area contributed by atoms with Crippen LogP contribution in [0.5, 0.6) is 11.5 Å². The van der Waals surface area contributed by atoms with E-state index in [0.717, 1.165) is 26.9 Å². The van der Waals surface area contributed by atoms with E-state index in [-0.39, 0.29) is 5.91 Å². The van der Waals surface area contributed by atoms with Crippen LogP contribution in [0.3, 0.4) is 0 Å². The molecule has 0 aliphatic rings. The Bertz CT molecular complexity index is 1240. The van der Waals surface area contributed by atoms with E-state index in [0.29, 0.717) is 24.5 Å². The molecular formula is C28H23BrN2O3. The van der Waals surface area contributed by atoms with Crippen molar-refractivity contribution in [2.75, 3.05) is 0 Å². The van der Waals surface area contributed by atoms with Gasteiger partial charge in [-0.3, -0.25) is 4.79 Å². The first-order chi connectivity index (χ1) is 16.7. The number of amides is 1. The molecule has 1 amide bonds. The van der Waals surface area contributed by atoms with Gasteiger partial charge in [0.25, 0.3) is 5.91 Å². The number of rotatable bonds is 9. The molecule has 6 heteroatoms. The number of hydrazone groups is 1. The molecule has 0 radical (unpaired) electrons. The molecule has 0 saturated heterocycles. The largest absolute Gasteiger partial charge is 0.489 e. The Morgan fingerprint density at radius 1 is 0.765 bits per heavy atom. The maximum Gasteiger partial charge on any atom is 0.271 e. The normalized spacial score (nSPS) is 10.7. The minimum Gasteiger partial charge on any atom is -0.489 e. The molecule has 0 atom stereocenters. The molecule has 0 aromatic heterocycles. The van der Waals surface area contributed by atoms with Gasteiger partial charge in [-0.05, 0) is 77.4 Å². The lowest BCUT2D eigenvalue weighted by molar-refractivity contribution is 0.0955. The summed E-state index contributed by atoms with van der Waals surface area (Å²) in [5, 5.41) is 4.05. The van der Waals surface area contributed by atoms with Crippen molar-refractivity contribution in [1.29, 1.82) is 0 Å². The summed E-state index contributed by atoms with van der Waals surface area (Å²) in [4.78, 5) is 12.3. The van der Waals surface area contributed by atoms with E-state index in [4.69, 9.17) is 9.47 Å². The molecule has 4 aromatic carbocycles. The first-order valence-corrected chi connectivity index (χ1v) is 11.5. The second-order valence-corrected chi connectivity index (χ2v) is 8.40. The molecule has 34 heavy (non-hydrogen) atoms. The highest BCUT2D eigenvalue weighted by Gasteiger charge is 2.05. The van der Waals surface area contributed by atoms with Gasteiger partial charge in [-0.25, -0.2) is 5.43 Å². The van der Waals surface area contributed by atoms with Crippen LogP contribution in [-0.2, 0) is 13.2 Å². The molecule has 0 aliphatic heterocycles. The van der Waals surface area contributed by atoms with Gasteiger partial charge in [0.1, 0.15) is 24.7 Å². The molecule has 0 saturated carbocycles. The van der Waals surface area contributed by atoms with Crippen molar-refractivity contribution in [3.05, 3.63) is 130 Å². The van der Waals surface area contributed by atoms with E-state index in [2.05, 4.69) is 26.5 Å². The Morgan fingerprint density at radius 3 is 2.06 bits per heavy atom. The van der Waals surface area contributed by atoms with Crippen LogP contribution in [0.15, 0.2) is 113 Å². The number of hydrogen-bond acceptors (Lipinski definition) is 4. The third kappa shape index (κ3) is 7.05. The van der Waals surface area contributed by atoms with Gasteiger partial charge in [-0.15, -0.1) is 0 Å². The molecule has 0 bridgehead atoms. The van der Waals surface area contributed by atoms with Gasteiger partial charge in [-0.1, -0.05) is 58.4 Å². The van der Waals surface area contributed by atoms with E-state index < -0.39 is 0 Å². The molecule has 0 spiro atoms. The van der Waals surface area contributed by atoms with Crippen molar-refractivity contribution < 1.29 is 14.3 Å².